The number of aliphatic hydroxyl groups is 1. The average molecular weight is 360 g/mol. The Morgan fingerprint density at radius 2 is 2.08 bits per heavy atom. The number of aromatic nitrogens is 3. The van der Waals surface area contributed by atoms with Gasteiger partial charge < -0.3 is 19.8 Å². The number of carboxylic acids is 1. The number of nitrogens with zero attached hydrogens (tertiary/aromatic N) is 3. The van der Waals surface area contributed by atoms with Gasteiger partial charge in [0, 0.05) is 19.2 Å². The second kappa shape index (κ2) is 6.97. The van der Waals surface area contributed by atoms with Crippen LogP contribution in [0.3, 0.4) is 0 Å². The van der Waals surface area contributed by atoms with Crippen LogP contribution in [0.1, 0.15) is 21.6 Å². The molecule has 0 radical (unpaired) electrons. The van der Waals surface area contributed by atoms with Gasteiger partial charge in [-0.25, -0.2) is 4.79 Å². The van der Waals surface area contributed by atoms with Gasteiger partial charge in [-0.05, 0) is 6.92 Å². The third kappa shape index (κ3) is 3.82. The minimum atomic E-state index is -4.77. The molecule has 8 nitrogen and oxygen atoms in total. The number of pyridine rings is 1. The molecule has 0 saturated heterocycles. The summed E-state index contributed by atoms with van der Waals surface area (Å²) in [7, 11) is 1.37. The van der Waals surface area contributed by atoms with Crippen LogP contribution < -0.4 is 9.64 Å². The summed E-state index contributed by atoms with van der Waals surface area (Å²) in [6, 6.07) is 0. The van der Waals surface area contributed by atoms with E-state index in [-0.39, 0.29) is 36.0 Å². The van der Waals surface area contributed by atoms with Crippen molar-refractivity contribution < 1.29 is 32.9 Å². The molecule has 11 heteroatoms. The number of ether oxygens (including phenoxy) is 1. The minimum Gasteiger partial charge on any atom is -0.477 e. The summed E-state index contributed by atoms with van der Waals surface area (Å²) in [5, 5.41) is 23.7. The summed E-state index contributed by atoms with van der Waals surface area (Å²) in [6.45, 7) is 0.961. The van der Waals surface area contributed by atoms with Gasteiger partial charge in [0.25, 0.3) is 0 Å². The van der Waals surface area contributed by atoms with Crippen molar-refractivity contribution in [1.82, 2.24) is 15.2 Å². The molecule has 0 bridgehead atoms. The van der Waals surface area contributed by atoms with Crippen molar-refractivity contribution >= 4 is 11.7 Å². The fraction of sp³-hybridized carbons (Fsp3) is 0.357. The number of rotatable bonds is 6. The number of aromatic amines is 1. The maximum absolute atomic E-state index is 13.5. The first-order valence-corrected chi connectivity index (χ1v) is 7.00. The molecule has 0 saturated carbocycles. The lowest BCUT2D eigenvalue weighted by Gasteiger charge is -2.23. The molecule has 0 aliphatic carbocycles. The Hall–Kier alpha value is -2.82. The largest absolute Gasteiger partial charge is 0.477 e. The number of hydrogen-bond acceptors (Lipinski definition) is 6. The molecule has 0 spiro atoms. The molecule has 136 valence electrons. The summed E-state index contributed by atoms with van der Waals surface area (Å²) >= 11 is 0. The minimum absolute atomic E-state index is 0.0428. The number of hydrogen-bond donors (Lipinski definition) is 3. The van der Waals surface area contributed by atoms with Crippen LogP contribution in [0.25, 0.3) is 0 Å². The molecule has 0 aliphatic heterocycles. The smallest absolute Gasteiger partial charge is 0.422 e. The van der Waals surface area contributed by atoms with Gasteiger partial charge in [-0.3, -0.25) is 10.1 Å². The normalized spacial score (nSPS) is 11.4. The molecular formula is C14H15F3N4O4. The Morgan fingerprint density at radius 3 is 2.60 bits per heavy atom. The number of H-pyrrole nitrogens is 1. The van der Waals surface area contributed by atoms with Gasteiger partial charge in [-0.15, -0.1) is 5.10 Å². The number of carboxylic acid groups (broad SMARTS) is 1. The van der Waals surface area contributed by atoms with Crippen LogP contribution in [0.4, 0.5) is 18.9 Å². The summed E-state index contributed by atoms with van der Waals surface area (Å²) < 4.78 is 45.8. The second-order valence-electron chi connectivity index (χ2n) is 5.11. The molecule has 0 atom stereocenters. The quantitative estimate of drug-likeness (QED) is 0.723. The maximum atomic E-state index is 13.5. The van der Waals surface area contributed by atoms with Crippen molar-refractivity contribution in [1.29, 1.82) is 0 Å². The molecule has 0 aliphatic rings. The van der Waals surface area contributed by atoms with Crippen molar-refractivity contribution in [2.24, 2.45) is 0 Å². The molecule has 0 fully saturated rings. The maximum Gasteiger partial charge on any atom is 0.422 e. The van der Waals surface area contributed by atoms with Gasteiger partial charge in [0.15, 0.2) is 5.75 Å². The van der Waals surface area contributed by atoms with Crippen LogP contribution >= 0.6 is 0 Å². The van der Waals surface area contributed by atoms with E-state index in [1.165, 1.54) is 18.9 Å². The van der Waals surface area contributed by atoms with E-state index >= 15 is 0 Å². The van der Waals surface area contributed by atoms with Crippen LogP contribution in [-0.4, -0.2) is 51.6 Å². The number of anilines is 1. The third-order valence-electron chi connectivity index (χ3n) is 3.41. The molecule has 0 aromatic carbocycles. The van der Waals surface area contributed by atoms with E-state index in [9.17, 15) is 18.0 Å². The predicted octanol–water partition coefficient (Wildman–Crippen LogP) is 2.05. The number of aromatic carboxylic acids is 1. The van der Waals surface area contributed by atoms with Gasteiger partial charge in [0.05, 0.1) is 24.7 Å². The van der Waals surface area contributed by atoms with Gasteiger partial charge in [-0.1, -0.05) is 0 Å². The first kappa shape index (κ1) is 18.5. The van der Waals surface area contributed by atoms with E-state index < -0.39 is 23.5 Å². The Kier molecular flexibility index (Phi) is 5.16. The van der Waals surface area contributed by atoms with Crippen LogP contribution in [0, 0.1) is 6.92 Å². The summed E-state index contributed by atoms with van der Waals surface area (Å²) in [5.74, 6) is -2.24. The molecule has 2 heterocycles. The van der Waals surface area contributed by atoms with Crippen LogP contribution in [0.2, 0.25) is 0 Å². The van der Waals surface area contributed by atoms with Crippen LogP contribution in [-0.2, 0) is 6.18 Å². The SMILES string of the molecule is Cc1c(Oc2cncc(N(C)CCO)c2C(F)(F)F)n[nH]c1C(=O)O. The van der Waals surface area contributed by atoms with Crippen molar-refractivity contribution in [3.8, 4) is 11.6 Å². The Bertz CT molecular complexity index is 776. The lowest BCUT2D eigenvalue weighted by Crippen LogP contribution is -2.25. The highest BCUT2D eigenvalue weighted by molar-refractivity contribution is 5.87. The van der Waals surface area contributed by atoms with Gasteiger partial charge in [0.2, 0.25) is 5.88 Å². The van der Waals surface area contributed by atoms with E-state index in [2.05, 4.69) is 15.2 Å². The predicted molar refractivity (Wildman–Crippen MR) is 80.0 cm³/mol. The molecule has 0 unspecified atom stereocenters. The van der Waals surface area contributed by atoms with Crippen molar-refractivity contribution in [2.75, 3.05) is 25.1 Å². The highest BCUT2D eigenvalue weighted by Gasteiger charge is 2.39. The second-order valence-corrected chi connectivity index (χ2v) is 5.11. The Balaban J connectivity index is 2.51. The zero-order chi connectivity index (χ0) is 18.8. The van der Waals surface area contributed by atoms with E-state index in [0.29, 0.717) is 0 Å². The number of carbonyl (C=O) groups is 1. The Morgan fingerprint density at radius 1 is 1.40 bits per heavy atom. The van der Waals surface area contributed by atoms with Gasteiger partial charge in [-0.2, -0.15) is 13.2 Å². The molecule has 2 rings (SSSR count). The van der Waals surface area contributed by atoms with Crippen molar-refractivity contribution in [2.45, 2.75) is 13.1 Å². The fourth-order valence-electron chi connectivity index (χ4n) is 2.15. The third-order valence-corrected chi connectivity index (χ3v) is 3.41. The first-order chi connectivity index (χ1) is 11.7. The monoisotopic (exact) mass is 360 g/mol. The number of nitrogens with one attached hydrogen (secondary N) is 1. The van der Waals surface area contributed by atoms with Crippen LogP contribution in [0.5, 0.6) is 11.6 Å². The molecule has 2 aromatic heterocycles. The van der Waals surface area contributed by atoms with Crippen molar-refractivity contribution in [3.05, 3.63) is 29.2 Å². The zero-order valence-electron chi connectivity index (χ0n) is 13.3. The van der Waals surface area contributed by atoms with Gasteiger partial charge >= 0.3 is 12.1 Å². The first-order valence-electron chi connectivity index (χ1n) is 7.00. The topological polar surface area (TPSA) is 112 Å². The number of halogens is 3. The Labute approximate surface area is 139 Å². The molecule has 0 amide bonds. The van der Waals surface area contributed by atoms with E-state index in [4.69, 9.17) is 14.9 Å². The summed E-state index contributed by atoms with van der Waals surface area (Å²) in [6.07, 6.45) is -2.89. The van der Waals surface area contributed by atoms with E-state index in [0.717, 1.165) is 12.4 Å². The average Bonchev–Trinajstić information content (AvgIpc) is 2.87. The van der Waals surface area contributed by atoms with Crippen LogP contribution in [0.15, 0.2) is 12.4 Å². The van der Waals surface area contributed by atoms with Gasteiger partial charge in [0.1, 0.15) is 11.3 Å². The number of alkyl halides is 3. The standard InChI is InChI=1S/C14H15F3N4O4/c1-7-11(13(23)24)19-20-12(7)25-9-6-18-5-8(21(2)3-4-22)10(9)14(15,16)17/h5-6,22H,3-4H2,1-2H3,(H,19,20)(H,23,24). The molecule has 2 aromatic rings. The van der Waals surface area contributed by atoms with E-state index in [1.54, 1.807) is 0 Å². The highest BCUT2D eigenvalue weighted by atomic mass is 19.4. The molecular weight excluding hydrogens is 345 g/mol. The number of aliphatic hydroxyl groups excluding tert-OH is 1. The summed E-state index contributed by atoms with van der Waals surface area (Å²) in [4.78, 5) is 15.9. The fourth-order valence-corrected chi connectivity index (χ4v) is 2.15. The lowest BCUT2D eigenvalue weighted by atomic mass is 10.2. The van der Waals surface area contributed by atoms with E-state index in [1.807, 2.05) is 0 Å². The molecule has 3 N–H and O–H groups in total. The highest BCUT2D eigenvalue weighted by Crippen LogP contribution is 2.43. The number of likely N-dealkylation sites (N-methyl/N-ethyl adjacent to an activating group) is 1. The van der Waals surface area contributed by atoms with Crippen molar-refractivity contribution in [3.63, 3.8) is 0 Å². The zero-order valence-corrected chi connectivity index (χ0v) is 13.3. The molecule has 25 heavy (non-hydrogen) atoms. The lowest BCUT2D eigenvalue weighted by molar-refractivity contribution is -0.138. The summed E-state index contributed by atoms with van der Waals surface area (Å²) in [5.41, 5.74) is -1.62.